The van der Waals surface area contributed by atoms with E-state index >= 15 is 0 Å². The number of carbonyl (C=O) groups is 1. The van der Waals surface area contributed by atoms with Crippen LogP contribution in [-0.2, 0) is 17.6 Å². The van der Waals surface area contributed by atoms with E-state index in [2.05, 4.69) is 10.3 Å². The molecule has 0 aliphatic heterocycles. The summed E-state index contributed by atoms with van der Waals surface area (Å²) >= 11 is 7.30. The first-order valence-electron chi connectivity index (χ1n) is 7.02. The largest absolute Gasteiger partial charge is 0.484 e. The van der Waals surface area contributed by atoms with Crippen molar-refractivity contribution in [2.24, 2.45) is 0 Å². The summed E-state index contributed by atoms with van der Waals surface area (Å²) in [4.78, 5) is 17.4. The van der Waals surface area contributed by atoms with Gasteiger partial charge in [-0.05, 0) is 37.1 Å². The molecule has 116 valence electrons. The number of aryl methyl sites for hydroxylation is 1. The highest BCUT2D eigenvalue weighted by atomic mass is 35.5. The van der Waals surface area contributed by atoms with Crippen molar-refractivity contribution in [1.82, 2.24) is 10.3 Å². The molecular formula is C15H16ClN3O2S. The second-order valence-corrected chi connectivity index (χ2v) is 6.72. The van der Waals surface area contributed by atoms with Crippen molar-refractivity contribution in [2.75, 3.05) is 12.3 Å². The first kappa shape index (κ1) is 15.1. The number of ether oxygens (including phenoxy) is 1. The van der Waals surface area contributed by atoms with Gasteiger partial charge in [0.25, 0.3) is 5.91 Å². The number of benzene rings is 1. The highest BCUT2D eigenvalue weighted by Crippen LogP contribution is 2.28. The second kappa shape index (κ2) is 6.54. The average Bonchev–Trinajstić information content (AvgIpc) is 2.86. The average molecular weight is 338 g/mol. The zero-order chi connectivity index (χ0) is 15.5. The minimum Gasteiger partial charge on any atom is -0.484 e. The smallest absolute Gasteiger partial charge is 0.258 e. The van der Waals surface area contributed by atoms with E-state index in [4.69, 9.17) is 22.1 Å². The van der Waals surface area contributed by atoms with E-state index in [1.54, 1.807) is 24.3 Å². The lowest BCUT2D eigenvalue weighted by atomic mass is 9.98. The van der Waals surface area contributed by atoms with Crippen LogP contribution in [-0.4, -0.2) is 23.5 Å². The Morgan fingerprint density at radius 1 is 1.45 bits per heavy atom. The third-order valence-corrected chi connectivity index (χ3v) is 4.71. The molecule has 0 radical (unpaired) electrons. The summed E-state index contributed by atoms with van der Waals surface area (Å²) in [6, 6.07) is 7.05. The molecule has 0 saturated heterocycles. The third-order valence-electron chi connectivity index (χ3n) is 3.50. The van der Waals surface area contributed by atoms with Gasteiger partial charge in [0.2, 0.25) is 0 Å². The number of rotatable bonds is 4. The first-order chi connectivity index (χ1) is 10.6. The van der Waals surface area contributed by atoms with E-state index < -0.39 is 0 Å². The quantitative estimate of drug-likeness (QED) is 0.898. The van der Waals surface area contributed by atoms with Crippen LogP contribution < -0.4 is 15.8 Å². The normalized spacial score (nSPS) is 16.9. The zero-order valence-corrected chi connectivity index (χ0v) is 13.4. The van der Waals surface area contributed by atoms with Crippen LogP contribution in [0, 0.1) is 0 Å². The van der Waals surface area contributed by atoms with E-state index in [-0.39, 0.29) is 18.6 Å². The number of nitrogens with one attached hydrogen (secondary N) is 1. The van der Waals surface area contributed by atoms with Gasteiger partial charge < -0.3 is 15.8 Å². The molecule has 1 amide bonds. The molecule has 0 saturated carbocycles. The fourth-order valence-corrected chi connectivity index (χ4v) is 3.55. The summed E-state index contributed by atoms with van der Waals surface area (Å²) in [5, 5.41) is 4.24. The highest BCUT2D eigenvalue weighted by Gasteiger charge is 2.23. The fourth-order valence-electron chi connectivity index (χ4n) is 2.47. The minimum atomic E-state index is -0.124. The monoisotopic (exact) mass is 337 g/mol. The van der Waals surface area contributed by atoms with Crippen LogP contribution in [0.25, 0.3) is 0 Å². The summed E-state index contributed by atoms with van der Waals surface area (Å²) in [6.07, 6.45) is 2.52. The molecule has 1 aliphatic rings. The maximum absolute atomic E-state index is 12.0. The molecule has 1 atom stereocenters. The number of nitrogen functional groups attached to an aromatic ring is 1. The number of amides is 1. The van der Waals surface area contributed by atoms with Gasteiger partial charge >= 0.3 is 0 Å². The Morgan fingerprint density at radius 2 is 2.23 bits per heavy atom. The Morgan fingerprint density at radius 3 is 3.00 bits per heavy atom. The van der Waals surface area contributed by atoms with Gasteiger partial charge in [-0.15, -0.1) is 11.3 Å². The molecule has 1 aromatic carbocycles. The molecular weight excluding hydrogens is 322 g/mol. The summed E-state index contributed by atoms with van der Waals surface area (Å²) in [5.41, 5.74) is 6.79. The van der Waals surface area contributed by atoms with Crippen LogP contribution in [0.3, 0.4) is 0 Å². The van der Waals surface area contributed by atoms with Gasteiger partial charge in [0.15, 0.2) is 11.7 Å². The zero-order valence-electron chi connectivity index (χ0n) is 11.8. The highest BCUT2D eigenvalue weighted by molar-refractivity contribution is 7.15. The van der Waals surface area contributed by atoms with Crippen molar-refractivity contribution in [3.05, 3.63) is 39.9 Å². The molecule has 1 aliphatic carbocycles. The van der Waals surface area contributed by atoms with Crippen molar-refractivity contribution < 1.29 is 9.53 Å². The van der Waals surface area contributed by atoms with E-state index in [9.17, 15) is 4.79 Å². The van der Waals surface area contributed by atoms with E-state index in [1.807, 2.05) is 0 Å². The number of halogens is 1. The van der Waals surface area contributed by atoms with Crippen molar-refractivity contribution >= 4 is 34.0 Å². The van der Waals surface area contributed by atoms with Gasteiger partial charge in [0.05, 0.1) is 5.69 Å². The second-order valence-electron chi connectivity index (χ2n) is 5.17. The number of nitrogens with zero attached hydrogens (tertiary/aromatic N) is 1. The maximum Gasteiger partial charge on any atom is 0.258 e. The van der Waals surface area contributed by atoms with Gasteiger partial charge in [-0.1, -0.05) is 11.6 Å². The van der Waals surface area contributed by atoms with Crippen LogP contribution in [0.4, 0.5) is 5.13 Å². The molecule has 1 heterocycles. The minimum absolute atomic E-state index is 0.00415. The van der Waals surface area contributed by atoms with Gasteiger partial charge in [-0.3, -0.25) is 4.79 Å². The van der Waals surface area contributed by atoms with Crippen LogP contribution in [0.1, 0.15) is 17.0 Å². The number of nitrogens with two attached hydrogens (primary N) is 1. The predicted molar refractivity (Wildman–Crippen MR) is 87.4 cm³/mol. The van der Waals surface area contributed by atoms with Crippen LogP contribution in [0.2, 0.25) is 5.02 Å². The molecule has 0 fully saturated rings. The summed E-state index contributed by atoms with van der Waals surface area (Å²) in [7, 11) is 0. The number of anilines is 1. The van der Waals surface area contributed by atoms with Gasteiger partial charge in [-0.2, -0.15) is 0 Å². The van der Waals surface area contributed by atoms with Gasteiger partial charge in [-0.25, -0.2) is 4.98 Å². The van der Waals surface area contributed by atoms with Crippen molar-refractivity contribution in [1.29, 1.82) is 0 Å². The summed E-state index contributed by atoms with van der Waals surface area (Å²) < 4.78 is 5.44. The molecule has 0 bridgehead atoms. The molecule has 1 aromatic heterocycles. The van der Waals surface area contributed by atoms with Crippen molar-refractivity contribution in [3.8, 4) is 5.75 Å². The first-order valence-corrected chi connectivity index (χ1v) is 8.21. The Kier molecular flexibility index (Phi) is 4.49. The molecule has 3 N–H and O–H groups in total. The lowest BCUT2D eigenvalue weighted by Gasteiger charge is -2.22. The Labute approximate surface area is 137 Å². The standard InChI is InChI=1S/C15H16ClN3O2S/c16-9-1-4-11(5-2-9)21-8-14(20)18-10-3-6-12-13(7-10)22-15(17)19-12/h1-2,4-5,10H,3,6-8H2,(H2,17,19)(H,18,20). The number of carbonyl (C=O) groups excluding carboxylic acids is 1. The van der Waals surface area contributed by atoms with Crippen LogP contribution in [0.5, 0.6) is 5.75 Å². The lowest BCUT2D eigenvalue weighted by Crippen LogP contribution is -2.40. The number of thiazole rings is 1. The summed E-state index contributed by atoms with van der Waals surface area (Å²) in [5.74, 6) is 0.501. The lowest BCUT2D eigenvalue weighted by molar-refractivity contribution is -0.123. The molecule has 2 aromatic rings. The number of aromatic nitrogens is 1. The number of fused-ring (bicyclic) bond motifs is 1. The molecule has 7 heteroatoms. The van der Waals surface area contributed by atoms with Crippen molar-refractivity contribution in [2.45, 2.75) is 25.3 Å². The Balaban J connectivity index is 1.49. The predicted octanol–water partition coefficient (Wildman–Crippen LogP) is 2.43. The fraction of sp³-hybridized carbons (Fsp3) is 0.333. The molecule has 22 heavy (non-hydrogen) atoms. The topological polar surface area (TPSA) is 77.2 Å². The van der Waals surface area contributed by atoms with Gasteiger partial charge in [0.1, 0.15) is 5.75 Å². The molecule has 5 nitrogen and oxygen atoms in total. The molecule has 1 unspecified atom stereocenters. The third kappa shape index (κ3) is 3.69. The number of hydrogen-bond acceptors (Lipinski definition) is 5. The molecule has 0 spiro atoms. The summed E-state index contributed by atoms with van der Waals surface area (Å²) in [6.45, 7) is -0.00415. The van der Waals surface area contributed by atoms with Crippen LogP contribution in [0.15, 0.2) is 24.3 Å². The van der Waals surface area contributed by atoms with E-state index in [1.165, 1.54) is 16.2 Å². The van der Waals surface area contributed by atoms with Crippen LogP contribution >= 0.6 is 22.9 Å². The van der Waals surface area contributed by atoms with Crippen molar-refractivity contribution in [3.63, 3.8) is 0 Å². The Bertz CT molecular complexity index is 672. The Hall–Kier alpha value is -1.79. The van der Waals surface area contributed by atoms with Gasteiger partial charge in [0, 0.05) is 22.4 Å². The SMILES string of the molecule is Nc1nc2c(s1)CC(NC(=O)COc1ccc(Cl)cc1)CC2. The number of hydrogen-bond donors (Lipinski definition) is 2. The maximum atomic E-state index is 12.0. The van der Waals surface area contributed by atoms with E-state index in [0.29, 0.717) is 15.9 Å². The van der Waals surface area contributed by atoms with E-state index in [0.717, 1.165) is 25.0 Å². The molecule has 3 rings (SSSR count).